The number of nitrogens with one attached hydrogen (secondary N) is 2. The Kier molecular flexibility index (Phi) is 7.81. The third kappa shape index (κ3) is 5.37. The third-order valence-electron chi connectivity index (χ3n) is 2.85. The van der Waals surface area contributed by atoms with Gasteiger partial charge in [-0.3, -0.25) is 0 Å². The lowest BCUT2D eigenvalue weighted by molar-refractivity contribution is 0.839. The molecule has 0 fully saturated rings. The van der Waals surface area contributed by atoms with Gasteiger partial charge in [-0.1, -0.05) is 12.1 Å². The molecule has 0 bridgehead atoms. The number of guanidine groups is 1. The van der Waals surface area contributed by atoms with Crippen molar-refractivity contribution in [3.8, 4) is 5.69 Å². The Hall–Kier alpha value is -1.57. The average Bonchev–Trinajstić information content (AvgIpc) is 3.00. The molecule has 6 heteroatoms. The van der Waals surface area contributed by atoms with Crippen molar-refractivity contribution in [3.63, 3.8) is 0 Å². The maximum atomic E-state index is 4.54. The molecule has 2 N–H and O–H groups in total. The van der Waals surface area contributed by atoms with Crippen molar-refractivity contribution in [2.75, 3.05) is 13.1 Å². The summed E-state index contributed by atoms with van der Waals surface area (Å²) in [6.45, 7) is 6.52. The van der Waals surface area contributed by atoms with Crippen molar-refractivity contribution >= 4 is 29.9 Å². The largest absolute Gasteiger partial charge is 0.357 e. The van der Waals surface area contributed by atoms with E-state index in [0.717, 1.165) is 24.7 Å². The van der Waals surface area contributed by atoms with Crippen LogP contribution in [0.1, 0.15) is 19.4 Å². The van der Waals surface area contributed by atoms with Gasteiger partial charge in [0, 0.05) is 31.2 Å². The number of hydrogen-bond donors (Lipinski definition) is 2. The minimum atomic E-state index is 0. The molecule has 0 aliphatic heterocycles. The lowest BCUT2D eigenvalue weighted by Crippen LogP contribution is -2.36. The second-order valence-corrected chi connectivity index (χ2v) is 4.36. The van der Waals surface area contributed by atoms with Crippen LogP contribution >= 0.6 is 24.0 Å². The van der Waals surface area contributed by atoms with E-state index < -0.39 is 0 Å². The minimum Gasteiger partial charge on any atom is -0.357 e. The van der Waals surface area contributed by atoms with Crippen LogP contribution < -0.4 is 10.6 Å². The molecule has 0 spiro atoms. The number of benzene rings is 1. The molecule has 5 nitrogen and oxygen atoms in total. The van der Waals surface area contributed by atoms with Crippen LogP contribution in [0.3, 0.4) is 0 Å². The highest BCUT2D eigenvalue weighted by molar-refractivity contribution is 14.0. The Morgan fingerprint density at radius 2 is 1.81 bits per heavy atom. The van der Waals surface area contributed by atoms with E-state index in [1.807, 2.05) is 10.8 Å². The van der Waals surface area contributed by atoms with Crippen molar-refractivity contribution in [1.29, 1.82) is 0 Å². The van der Waals surface area contributed by atoms with Gasteiger partial charge in [0.05, 0.1) is 12.9 Å². The van der Waals surface area contributed by atoms with Crippen LogP contribution in [0.2, 0.25) is 0 Å². The average molecular weight is 399 g/mol. The predicted octanol–water partition coefficient (Wildman–Crippen LogP) is 2.57. The van der Waals surface area contributed by atoms with Crippen LogP contribution in [0, 0.1) is 0 Å². The van der Waals surface area contributed by atoms with E-state index in [4.69, 9.17) is 0 Å². The van der Waals surface area contributed by atoms with Crippen molar-refractivity contribution in [3.05, 3.63) is 48.5 Å². The summed E-state index contributed by atoms with van der Waals surface area (Å²) in [4.78, 5) is 8.59. The van der Waals surface area contributed by atoms with Crippen molar-refractivity contribution in [1.82, 2.24) is 20.2 Å². The minimum absolute atomic E-state index is 0. The zero-order valence-electron chi connectivity index (χ0n) is 12.4. The molecule has 1 heterocycles. The smallest absolute Gasteiger partial charge is 0.191 e. The SMILES string of the molecule is CCNC(=NCc1ccc(-n2ccnc2)cc1)NCC.I. The summed E-state index contributed by atoms with van der Waals surface area (Å²) >= 11 is 0. The molecule has 0 unspecified atom stereocenters. The first-order chi connectivity index (χ1) is 9.83. The molecule has 1 aromatic carbocycles. The molecule has 2 aromatic rings. The first kappa shape index (κ1) is 17.5. The Balaban J connectivity index is 0.00000220. The van der Waals surface area contributed by atoms with Crippen LogP contribution in [-0.2, 0) is 6.54 Å². The maximum absolute atomic E-state index is 4.54. The highest BCUT2D eigenvalue weighted by atomic mass is 127. The van der Waals surface area contributed by atoms with Crippen LogP contribution in [0.25, 0.3) is 5.69 Å². The Bertz CT molecular complexity index is 526. The molecule has 0 aliphatic carbocycles. The Morgan fingerprint density at radius 1 is 1.14 bits per heavy atom. The second kappa shape index (κ2) is 9.38. The molecule has 21 heavy (non-hydrogen) atoms. The van der Waals surface area contributed by atoms with Gasteiger partial charge in [0.25, 0.3) is 0 Å². The topological polar surface area (TPSA) is 54.2 Å². The molecule has 114 valence electrons. The van der Waals surface area contributed by atoms with Crippen LogP contribution in [0.15, 0.2) is 48.0 Å². The first-order valence-electron chi connectivity index (χ1n) is 6.93. The van der Waals surface area contributed by atoms with Crippen LogP contribution in [-0.4, -0.2) is 28.6 Å². The van der Waals surface area contributed by atoms with Gasteiger partial charge in [-0.15, -0.1) is 24.0 Å². The van der Waals surface area contributed by atoms with E-state index in [9.17, 15) is 0 Å². The molecule has 0 aliphatic rings. The van der Waals surface area contributed by atoms with E-state index in [1.165, 1.54) is 5.56 Å². The van der Waals surface area contributed by atoms with Gasteiger partial charge >= 0.3 is 0 Å². The molecule has 0 atom stereocenters. The van der Waals surface area contributed by atoms with E-state index in [2.05, 4.69) is 58.7 Å². The fraction of sp³-hybridized carbons (Fsp3) is 0.333. The lowest BCUT2D eigenvalue weighted by Gasteiger charge is -2.09. The summed E-state index contributed by atoms with van der Waals surface area (Å²) in [5, 5.41) is 6.43. The number of hydrogen-bond acceptors (Lipinski definition) is 2. The van der Waals surface area contributed by atoms with Gasteiger partial charge in [-0.2, -0.15) is 0 Å². The molecular formula is C15H22IN5. The van der Waals surface area contributed by atoms with Gasteiger partial charge < -0.3 is 15.2 Å². The van der Waals surface area contributed by atoms with E-state index in [1.54, 1.807) is 12.5 Å². The summed E-state index contributed by atoms with van der Waals surface area (Å²) in [6, 6.07) is 8.34. The second-order valence-electron chi connectivity index (χ2n) is 4.36. The Labute approximate surface area is 142 Å². The monoisotopic (exact) mass is 399 g/mol. The molecule has 0 saturated carbocycles. The van der Waals surface area contributed by atoms with Crippen LogP contribution in [0.4, 0.5) is 0 Å². The fourth-order valence-electron chi connectivity index (χ4n) is 1.86. The summed E-state index contributed by atoms with van der Waals surface area (Å²) in [7, 11) is 0. The number of aromatic nitrogens is 2. The van der Waals surface area contributed by atoms with E-state index in [0.29, 0.717) is 6.54 Å². The van der Waals surface area contributed by atoms with E-state index >= 15 is 0 Å². The molecule has 1 aromatic heterocycles. The third-order valence-corrected chi connectivity index (χ3v) is 2.85. The van der Waals surface area contributed by atoms with Crippen LogP contribution in [0.5, 0.6) is 0 Å². The number of nitrogens with zero attached hydrogens (tertiary/aromatic N) is 3. The van der Waals surface area contributed by atoms with Gasteiger partial charge in [-0.25, -0.2) is 9.98 Å². The zero-order chi connectivity index (χ0) is 14.2. The number of imidazole rings is 1. The molecule has 0 radical (unpaired) electrons. The zero-order valence-corrected chi connectivity index (χ0v) is 14.7. The highest BCUT2D eigenvalue weighted by Gasteiger charge is 1.98. The summed E-state index contributed by atoms with van der Waals surface area (Å²) in [5.74, 6) is 0.855. The number of aliphatic imine (C=N–C) groups is 1. The summed E-state index contributed by atoms with van der Waals surface area (Å²) in [6.07, 6.45) is 5.50. The van der Waals surface area contributed by atoms with Crippen molar-refractivity contribution in [2.45, 2.75) is 20.4 Å². The lowest BCUT2D eigenvalue weighted by atomic mass is 10.2. The normalized spacial score (nSPS) is 9.62. The molecular weight excluding hydrogens is 377 g/mol. The molecule has 0 saturated heterocycles. The molecule has 0 amide bonds. The quantitative estimate of drug-likeness (QED) is 0.462. The molecule has 2 rings (SSSR count). The summed E-state index contributed by atoms with van der Waals surface area (Å²) < 4.78 is 1.98. The number of halogens is 1. The van der Waals surface area contributed by atoms with Crippen molar-refractivity contribution in [2.24, 2.45) is 4.99 Å². The summed E-state index contributed by atoms with van der Waals surface area (Å²) in [5.41, 5.74) is 2.29. The van der Waals surface area contributed by atoms with Gasteiger partial charge in [-0.05, 0) is 31.5 Å². The highest BCUT2D eigenvalue weighted by Crippen LogP contribution is 2.09. The van der Waals surface area contributed by atoms with Crippen molar-refractivity contribution < 1.29 is 0 Å². The van der Waals surface area contributed by atoms with Gasteiger partial charge in [0.1, 0.15) is 0 Å². The van der Waals surface area contributed by atoms with E-state index in [-0.39, 0.29) is 24.0 Å². The van der Waals surface area contributed by atoms with Gasteiger partial charge in [0.2, 0.25) is 0 Å². The Morgan fingerprint density at radius 3 is 2.33 bits per heavy atom. The first-order valence-corrected chi connectivity index (χ1v) is 6.93. The maximum Gasteiger partial charge on any atom is 0.191 e. The number of rotatable bonds is 5. The predicted molar refractivity (Wildman–Crippen MR) is 97.5 cm³/mol. The standard InChI is InChI=1S/C15H21N5.HI/c1-3-17-15(18-4-2)19-11-13-5-7-14(8-6-13)20-10-9-16-12-20;/h5-10,12H,3-4,11H2,1-2H3,(H2,17,18,19);1H. The van der Waals surface area contributed by atoms with Gasteiger partial charge in [0.15, 0.2) is 5.96 Å². The fourth-order valence-corrected chi connectivity index (χ4v) is 1.86.